The number of hydrogen-bond acceptors (Lipinski definition) is 0. The van der Waals surface area contributed by atoms with Gasteiger partial charge in [0.1, 0.15) is 0 Å². The van der Waals surface area contributed by atoms with Crippen molar-refractivity contribution in [3.63, 3.8) is 0 Å². The number of allylic oxidation sites excluding steroid dienone is 5. The maximum absolute atomic E-state index is 14.8. The number of rotatable bonds is 3. The van der Waals surface area contributed by atoms with Crippen molar-refractivity contribution in [2.75, 3.05) is 0 Å². The minimum Gasteiger partial charge on any atom is -1.00 e. The summed E-state index contributed by atoms with van der Waals surface area (Å²) in [5.41, 5.74) is 5.73. The largest absolute Gasteiger partial charge is 1.00 e. The molecule has 0 saturated heterocycles. The van der Waals surface area contributed by atoms with Gasteiger partial charge in [0, 0.05) is 0 Å². The fourth-order valence-corrected chi connectivity index (χ4v) is 24.8. The van der Waals surface area contributed by atoms with Crippen LogP contribution in [0.2, 0.25) is 13.1 Å². The molecule has 2 unspecified atom stereocenters. The molecule has 2 aliphatic rings. The van der Waals surface area contributed by atoms with Crippen LogP contribution in [0.5, 0.6) is 0 Å². The van der Waals surface area contributed by atoms with Crippen molar-refractivity contribution in [2.45, 2.75) is 44.4 Å². The van der Waals surface area contributed by atoms with Crippen molar-refractivity contribution in [3.8, 4) is 0 Å². The van der Waals surface area contributed by atoms with Crippen LogP contribution in [0.15, 0.2) is 56.4 Å². The van der Waals surface area contributed by atoms with Gasteiger partial charge in [0.2, 0.25) is 0 Å². The molecule has 0 nitrogen and oxygen atoms in total. The fourth-order valence-electron chi connectivity index (χ4n) is 5.15. The first-order valence-electron chi connectivity index (χ1n) is 10.8. The van der Waals surface area contributed by atoms with Gasteiger partial charge in [-0.15, -0.1) is 0 Å². The van der Waals surface area contributed by atoms with Crippen molar-refractivity contribution in [3.05, 3.63) is 96.4 Å². The minimum atomic E-state index is -2.33. The van der Waals surface area contributed by atoms with Gasteiger partial charge in [-0.2, -0.15) is 0 Å². The van der Waals surface area contributed by atoms with Gasteiger partial charge in [0.15, 0.2) is 0 Å². The summed E-state index contributed by atoms with van der Waals surface area (Å²) in [5, 5.41) is 0. The van der Waals surface area contributed by atoms with Crippen molar-refractivity contribution in [2.24, 2.45) is 5.92 Å². The maximum Gasteiger partial charge on any atom is -1.00 e. The van der Waals surface area contributed by atoms with Gasteiger partial charge in [0.25, 0.3) is 0 Å². The van der Waals surface area contributed by atoms with Crippen molar-refractivity contribution in [1.82, 2.24) is 0 Å². The van der Waals surface area contributed by atoms with E-state index in [2.05, 4.69) is 46.9 Å². The molecule has 0 heterocycles. The first-order chi connectivity index (χ1) is 15.1. The average Bonchev–Trinajstić information content (AvgIpc) is 3.22. The summed E-state index contributed by atoms with van der Waals surface area (Å²) in [4.78, 5) is 0. The Balaban J connectivity index is 0.00000204. The van der Waals surface area contributed by atoms with Crippen molar-refractivity contribution < 1.29 is 62.7 Å². The zero-order chi connectivity index (χ0) is 23.5. The molecule has 8 heteroatoms. The van der Waals surface area contributed by atoms with E-state index in [-0.39, 0.29) is 34.0 Å². The van der Waals surface area contributed by atoms with Gasteiger partial charge >= 0.3 is 196 Å². The summed E-state index contributed by atoms with van der Waals surface area (Å²) in [7, 11) is 0. The summed E-state index contributed by atoms with van der Waals surface area (Å²) in [6.45, 7) is 13.6. The third kappa shape index (κ3) is 4.61. The molecule has 0 radical (unpaired) electrons. The summed E-state index contributed by atoms with van der Waals surface area (Å²) in [6, 6.07) is 8.56. The summed E-state index contributed by atoms with van der Waals surface area (Å²) < 4.78 is 58.3. The van der Waals surface area contributed by atoms with E-state index < -0.39 is 49.1 Å². The molecular formula is C26H26Cl2F4SiZr. The second kappa shape index (κ2) is 11.0. The quantitative estimate of drug-likeness (QED) is 0.217. The van der Waals surface area contributed by atoms with E-state index in [1.54, 1.807) is 3.28 Å². The Morgan fingerprint density at radius 2 is 1.44 bits per heavy atom. The van der Waals surface area contributed by atoms with Crippen LogP contribution in [0.25, 0.3) is 5.57 Å². The Hall–Kier alpha value is -0.940. The zero-order valence-corrected chi connectivity index (χ0v) is 24.9. The van der Waals surface area contributed by atoms with E-state index in [0.29, 0.717) is 11.5 Å². The van der Waals surface area contributed by atoms with Gasteiger partial charge in [-0.3, -0.25) is 0 Å². The molecule has 2 aromatic rings. The molecule has 34 heavy (non-hydrogen) atoms. The molecule has 0 saturated carbocycles. The minimum absolute atomic E-state index is 0. The first kappa shape index (κ1) is 29.3. The molecule has 0 aliphatic heterocycles. The molecule has 0 bridgehead atoms. The first-order valence-corrected chi connectivity index (χ1v) is 19.6. The predicted molar refractivity (Wildman–Crippen MR) is 120 cm³/mol. The summed E-state index contributed by atoms with van der Waals surface area (Å²) >= 11 is -2.33. The number of halogens is 6. The zero-order valence-electron chi connectivity index (χ0n) is 19.9. The molecule has 0 amide bonds. The molecule has 2 atom stereocenters. The number of fused-ring (bicyclic) bond motifs is 1. The molecular weight excluding hydrogens is 578 g/mol. The van der Waals surface area contributed by atoms with Crippen LogP contribution >= 0.6 is 0 Å². The SMILES string of the molecule is CC1=C(C)C(C)[C]([Zr+2]([CH]2C=C(c3cc(F)c(F)c(F)c3F)c3ccccc32)=[Si](C)C)=C1C.[Cl-].[Cl-]. The summed E-state index contributed by atoms with van der Waals surface area (Å²) in [6.07, 6.45) is 2.03. The fraction of sp³-hybridized carbons (Fsp3) is 0.308. The van der Waals surface area contributed by atoms with Crippen LogP contribution in [-0.2, 0) is 20.4 Å². The number of benzene rings is 2. The normalized spacial score (nSPS) is 18.7. The predicted octanol–water partition coefficient (Wildman–Crippen LogP) is 1.87. The standard InChI is InChI=1S/C15H7F4.C9H13.C2H6Si.2ClH.Zr/c16-12-7-11(13(17)15(19)14(12)18)10-6-5-8-3-1-2-4-9(8)10;1-6-5-7(2)9(4)8(6)3;1-3-2;;;/h1-7H;6H,1-4H3;1-2H3;2*1H;/q;;;;;+2/p-2. The maximum atomic E-state index is 14.8. The van der Waals surface area contributed by atoms with Crippen LogP contribution < -0.4 is 24.8 Å². The Bertz CT molecular complexity index is 1290. The topological polar surface area (TPSA) is 0 Å². The van der Waals surface area contributed by atoms with E-state index in [1.807, 2.05) is 24.3 Å². The van der Waals surface area contributed by atoms with E-state index in [1.165, 1.54) is 16.7 Å². The van der Waals surface area contributed by atoms with Gasteiger partial charge in [-0.1, -0.05) is 0 Å². The molecule has 0 fully saturated rings. The molecule has 0 spiro atoms. The van der Waals surface area contributed by atoms with E-state index in [0.717, 1.165) is 17.2 Å². The third-order valence-corrected chi connectivity index (χ3v) is 25.7. The van der Waals surface area contributed by atoms with Gasteiger partial charge in [0.05, 0.1) is 0 Å². The van der Waals surface area contributed by atoms with E-state index in [4.69, 9.17) is 0 Å². The molecule has 0 aromatic heterocycles. The van der Waals surface area contributed by atoms with E-state index in [9.17, 15) is 17.6 Å². The Morgan fingerprint density at radius 1 is 0.824 bits per heavy atom. The second-order valence-corrected chi connectivity index (χ2v) is 26.4. The smallest absolute Gasteiger partial charge is 1.00 e. The summed E-state index contributed by atoms with van der Waals surface area (Å²) in [5.74, 6) is -5.81. The average molecular weight is 605 g/mol. The van der Waals surface area contributed by atoms with Gasteiger partial charge in [-0.05, 0) is 0 Å². The number of hydrogen-bond donors (Lipinski definition) is 0. The van der Waals surface area contributed by atoms with E-state index >= 15 is 0 Å². The van der Waals surface area contributed by atoms with Gasteiger partial charge < -0.3 is 24.8 Å². The Labute approximate surface area is 219 Å². The third-order valence-electron chi connectivity index (χ3n) is 7.09. The Morgan fingerprint density at radius 3 is 2.00 bits per heavy atom. The van der Waals surface area contributed by atoms with Gasteiger partial charge in [-0.25, -0.2) is 0 Å². The van der Waals surface area contributed by atoms with Crippen LogP contribution in [0.4, 0.5) is 17.6 Å². The molecule has 0 N–H and O–H groups in total. The second-order valence-electron chi connectivity index (χ2n) is 8.98. The van der Waals surface area contributed by atoms with Crippen LogP contribution in [0.3, 0.4) is 0 Å². The molecule has 2 aliphatic carbocycles. The van der Waals surface area contributed by atoms with Crippen molar-refractivity contribution >= 4 is 11.0 Å². The van der Waals surface area contributed by atoms with Crippen LogP contribution in [0.1, 0.15) is 48.0 Å². The van der Waals surface area contributed by atoms with Crippen LogP contribution in [0, 0.1) is 29.2 Å². The van der Waals surface area contributed by atoms with Crippen molar-refractivity contribution in [1.29, 1.82) is 0 Å². The molecule has 2 aromatic carbocycles. The molecule has 4 rings (SSSR count). The van der Waals surface area contributed by atoms with Crippen LogP contribution in [-0.4, -0.2) is 5.43 Å². The molecule has 180 valence electrons. The monoisotopic (exact) mass is 602 g/mol. The Kier molecular flexibility index (Phi) is 9.46.